The number of nitrogens with zero attached hydrogens (tertiary/aromatic N) is 2. The number of hydrogen-bond acceptors (Lipinski definition) is 4. The van der Waals surface area contributed by atoms with E-state index in [1.165, 1.54) is 18.4 Å². The van der Waals surface area contributed by atoms with Crippen LogP contribution in [-0.4, -0.2) is 49.1 Å². The van der Waals surface area contributed by atoms with Crippen LogP contribution in [0.3, 0.4) is 0 Å². The summed E-state index contributed by atoms with van der Waals surface area (Å²) in [5.74, 6) is 1.84. The van der Waals surface area contributed by atoms with Crippen molar-refractivity contribution in [3.05, 3.63) is 91.0 Å². The normalized spacial score (nSPS) is 21.9. The van der Waals surface area contributed by atoms with Gasteiger partial charge in [0.2, 0.25) is 0 Å². The number of rotatable bonds is 9. The Morgan fingerprint density at radius 2 is 1.75 bits per heavy atom. The third-order valence-electron chi connectivity index (χ3n) is 7.61. The van der Waals surface area contributed by atoms with Crippen molar-refractivity contribution in [2.75, 3.05) is 39.3 Å². The molecule has 0 N–H and O–H groups in total. The van der Waals surface area contributed by atoms with E-state index < -0.39 is 0 Å². The van der Waals surface area contributed by atoms with Gasteiger partial charge in [0, 0.05) is 53.8 Å². The predicted molar refractivity (Wildman–Crippen MR) is 153 cm³/mol. The summed E-state index contributed by atoms with van der Waals surface area (Å²) in [6.45, 7) is 7.98. The molecule has 3 nitrogen and oxygen atoms in total. The van der Waals surface area contributed by atoms with Crippen molar-refractivity contribution in [3.63, 3.8) is 0 Å². The quantitative estimate of drug-likeness (QED) is 0.264. The highest BCUT2D eigenvalue weighted by atomic mass is 35.5. The van der Waals surface area contributed by atoms with E-state index in [0.29, 0.717) is 29.4 Å². The van der Waals surface area contributed by atoms with Crippen molar-refractivity contribution in [2.24, 2.45) is 11.8 Å². The van der Waals surface area contributed by atoms with Crippen molar-refractivity contribution in [2.45, 2.75) is 31.9 Å². The molecular weight excluding hydrogens is 531 g/mol. The maximum Gasteiger partial charge on any atom is 0.0717 e. The first-order chi connectivity index (χ1) is 17.5. The SMILES string of the molecule is Clc1cccc(COCC2CCN(C[C@H]3CN(Cc4ccc(Cl)cc4Cl)C[C@@H]3c3ccsc3)CC2)c1. The minimum atomic E-state index is 0.570. The third-order valence-corrected chi connectivity index (χ3v) is 9.13. The maximum absolute atomic E-state index is 6.49. The highest BCUT2D eigenvalue weighted by Gasteiger charge is 2.36. The lowest BCUT2D eigenvalue weighted by Crippen LogP contribution is -2.39. The van der Waals surface area contributed by atoms with E-state index in [1.807, 2.05) is 30.3 Å². The van der Waals surface area contributed by atoms with E-state index in [-0.39, 0.29) is 0 Å². The van der Waals surface area contributed by atoms with Gasteiger partial charge in [0.15, 0.2) is 0 Å². The highest BCUT2D eigenvalue weighted by Crippen LogP contribution is 2.36. The summed E-state index contributed by atoms with van der Waals surface area (Å²) in [6, 6.07) is 16.1. The van der Waals surface area contributed by atoms with E-state index in [2.05, 4.69) is 38.8 Å². The van der Waals surface area contributed by atoms with Crippen molar-refractivity contribution < 1.29 is 4.74 Å². The molecule has 0 radical (unpaired) electrons. The van der Waals surface area contributed by atoms with Gasteiger partial charge >= 0.3 is 0 Å². The number of hydrogen-bond donors (Lipinski definition) is 0. The second-order valence-corrected chi connectivity index (χ2v) is 12.3. The number of halogens is 3. The molecule has 1 aromatic heterocycles. The van der Waals surface area contributed by atoms with Gasteiger partial charge in [-0.1, -0.05) is 53.0 Å². The zero-order chi connectivity index (χ0) is 24.9. The summed E-state index contributed by atoms with van der Waals surface area (Å²) in [5.41, 5.74) is 3.79. The minimum absolute atomic E-state index is 0.570. The van der Waals surface area contributed by atoms with Gasteiger partial charge in [0.25, 0.3) is 0 Å². The van der Waals surface area contributed by atoms with Gasteiger partial charge in [-0.25, -0.2) is 0 Å². The minimum Gasteiger partial charge on any atom is -0.376 e. The third kappa shape index (κ3) is 7.05. The number of likely N-dealkylation sites (tertiary alicyclic amines) is 2. The molecule has 3 heterocycles. The Bertz CT molecular complexity index is 1120. The fourth-order valence-electron chi connectivity index (χ4n) is 5.67. The first-order valence-corrected chi connectivity index (χ1v) is 14.8. The number of benzene rings is 2. The molecule has 2 atom stereocenters. The van der Waals surface area contributed by atoms with Crippen LogP contribution in [0.1, 0.15) is 35.4 Å². The van der Waals surface area contributed by atoms with Gasteiger partial charge in [-0.2, -0.15) is 11.3 Å². The zero-order valence-electron chi connectivity index (χ0n) is 20.4. The Labute approximate surface area is 233 Å². The van der Waals surface area contributed by atoms with Gasteiger partial charge in [-0.05, 0) is 95.5 Å². The first-order valence-electron chi connectivity index (χ1n) is 12.8. The monoisotopic (exact) mass is 562 g/mol. The topological polar surface area (TPSA) is 15.7 Å². The summed E-state index contributed by atoms with van der Waals surface area (Å²) < 4.78 is 6.03. The fourth-order valence-corrected chi connectivity index (χ4v) is 7.07. The average Bonchev–Trinajstić information content (AvgIpc) is 3.52. The van der Waals surface area contributed by atoms with Crippen LogP contribution in [-0.2, 0) is 17.9 Å². The molecule has 0 aliphatic carbocycles. The van der Waals surface area contributed by atoms with E-state index in [0.717, 1.165) is 67.0 Å². The van der Waals surface area contributed by atoms with E-state index >= 15 is 0 Å². The summed E-state index contributed by atoms with van der Waals surface area (Å²) >= 11 is 20.5. The Morgan fingerprint density at radius 3 is 2.50 bits per heavy atom. The predicted octanol–water partition coefficient (Wildman–Crippen LogP) is 7.85. The van der Waals surface area contributed by atoms with E-state index in [1.54, 1.807) is 11.3 Å². The van der Waals surface area contributed by atoms with Crippen molar-refractivity contribution in [1.82, 2.24) is 9.80 Å². The molecule has 2 aliphatic heterocycles. The molecule has 0 spiro atoms. The molecular formula is C29H33Cl3N2OS. The lowest BCUT2D eigenvalue weighted by atomic mass is 9.89. The van der Waals surface area contributed by atoms with Crippen molar-refractivity contribution in [1.29, 1.82) is 0 Å². The summed E-state index contributed by atoms with van der Waals surface area (Å²) in [6.07, 6.45) is 2.41. The number of ether oxygens (including phenoxy) is 1. The molecule has 0 amide bonds. The molecule has 192 valence electrons. The van der Waals surface area contributed by atoms with Gasteiger partial charge < -0.3 is 9.64 Å². The maximum atomic E-state index is 6.49. The molecule has 2 aromatic carbocycles. The van der Waals surface area contributed by atoms with Crippen LogP contribution in [0.15, 0.2) is 59.3 Å². The molecule has 3 aromatic rings. The number of piperidine rings is 1. The van der Waals surface area contributed by atoms with Crippen molar-refractivity contribution >= 4 is 46.1 Å². The lowest BCUT2D eigenvalue weighted by Gasteiger charge is -2.34. The molecule has 5 rings (SSSR count). The van der Waals surface area contributed by atoms with Crippen LogP contribution in [0, 0.1) is 11.8 Å². The van der Waals surface area contributed by atoms with Crippen LogP contribution in [0.5, 0.6) is 0 Å². The van der Waals surface area contributed by atoms with Gasteiger partial charge in [-0.3, -0.25) is 4.90 Å². The Morgan fingerprint density at radius 1 is 0.917 bits per heavy atom. The second-order valence-electron chi connectivity index (χ2n) is 10.2. The Balaban J connectivity index is 1.12. The molecule has 7 heteroatoms. The largest absolute Gasteiger partial charge is 0.376 e. The smallest absolute Gasteiger partial charge is 0.0717 e. The van der Waals surface area contributed by atoms with Crippen LogP contribution < -0.4 is 0 Å². The molecule has 0 saturated carbocycles. The average molecular weight is 564 g/mol. The van der Waals surface area contributed by atoms with Gasteiger partial charge in [-0.15, -0.1) is 0 Å². The Hall–Kier alpha value is -1.11. The van der Waals surface area contributed by atoms with E-state index in [9.17, 15) is 0 Å². The summed E-state index contributed by atoms with van der Waals surface area (Å²) in [7, 11) is 0. The molecule has 0 bridgehead atoms. The molecule has 0 unspecified atom stereocenters. The lowest BCUT2D eigenvalue weighted by molar-refractivity contribution is 0.0542. The fraction of sp³-hybridized carbons (Fsp3) is 0.448. The molecule has 2 saturated heterocycles. The summed E-state index contributed by atoms with van der Waals surface area (Å²) in [5, 5.41) is 6.77. The van der Waals surface area contributed by atoms with Crippen LogP contribution >= 0.6 is 46.1 Å². The molecule has 2 aliphatic rings. The van der Waals surface area contributed by atoms with Crippen LogP contribution in [0.4, 0.5) is 0 Å². The van der Waals surface area contributed by atoms with Crippen LogP contribution in [0.2, 0.25) is 15.1 Å². The Kier molecular flexibility index (Phi) is 9.29. The molecule has 2 fully saturated rings. The molecule has 36 heavy (non-hydrogen) atoms. The van der Waals surface area contributed by atoms with Gasteiger partial charge in [0.05, 0.1) is 6.61 Å². The first kappa shape index (κ1) is 26.5. The van der Waals surface area contributed by atoms with Crippen molar-refractivity contribution in [3.8, 4) is 0 Å². The zero-order valence-corrected chi connectivity index (χ0v) is 23.5. The highest BCUT2D eigenvalue weighted by molar-refractivity contribution is 7.08. The van der Waals surface area contributed by atoms with Gasteiger partial charge in [0.1, 0.15) is 0 Å². The van der Waals surface area contributed by atoms with Crippen LogP contribution in [0.25, 0.3) is 0 Å². The summed E-state index contributed by atoms with van der Waals surface area (Å²) in [4.78, 5) is 5.24. The standard InChI is InChI=1S/C29H33Cl3N2OS/c30-26-3-1-2-22(12-26)19-35-18-21-6-9-33(10-7-21)15-25-16-34(17-28(25)24-8-11-36-20-24)14-23-4-5-27(31)13-29(23)32/h1-5,8,11-13,20-21,25,28H,6-7,9-10,14-19H2/t25-,28+/m0/s1. The number of thiophene rings is 1. The second kappa shape index (κ2) is 12.6. The van der Waals surface area contributed by atoms with E-state index in [4.69, 9.17) is 39.5 Å².